The molecule has 1 amide bonds. The van der Waals surface area contributed by atoms with Crippen LogP contribution in [-0.2, 0) is 13.1 Å². The van der Waals surface area contributed by atoms with Crippen molar-refractivity contribution in [1.82, 2.24) is 19.6 Å². The monoisotopic (exact) mass is 404 g/mol. The zero-order valence-corrected chi connectivity index (χ0v) is 17.6. The summed E-state index contributed by atoms with van der Waals surface area (Å²) >= 11 is 0. The van der Waals surface area contributed by atoms with Crippen LogP contribution < -0.4 is 10.9 Å². The molecule has 0 bridgehead atoms. The molecule has 156 valence electrons. The van der Waals surface area contributed by atoms with Crippen LogP contribution in [0.1, 0.15) is 46.8 Å². The fourth-order valence-electron chi connectivity index (χ4n) is 4.16. The van der Waals surface area contributed by atoms with Crippen molar-refractivity contribution in [2.45, 2.75) is 39.8 Å². The van der Waals surface area contributed by atoms with E-state index in [-0.39, 0.29) is 11.1 Å². The summed E-state index contributed by atoms with van der Waals surface area (Å²) in [6.45, 7) is 7.73. The van der Waals surface area contributed by atoms with Crippen molar-refractivity contribution in [3.05, 3.63) is 81.4 Å². The maximum Gasteiger partial charge on any atom is 0.270 e. The number of aromatic nitrogens is 2. The Morgan fingerprint density at radius 1 is 1.23 bits per heavy atom. The first-order chi connectivity index (χ1) is 14.5. The number of fused-ring (bicyclic) bond motifs is 1. The molecule has 1 aliphatic rings. The molecule has 0 aliphatic carbocycles. The molecule has 0 radical (unpaired) electrons. The van der Waals surface area contributed by atoms with Gasteiger partial charge in [0.25, 0.3) is 11.5 Å². The van der Waals surface area contributed by atoms with E-state index >= 15 is 0 Å². The van der Waals surface area contributed by atoms with Crippen LogP contribution in [0, 0.1) is 12.8 Å². The van der Waals surface area contributed by atoms with Crippen molar-refractivity contribution in [1.29, 1.82) is 0 Å². The Bertz CT molecular complexity index is 1120. The summed E-state index contributed by atoms with van der Waals surface area (Å²) in [6.07, 6.45) is 5.56. The summed E-state index contributed by atoms with van der Waals surface area (Å²) in [6, 6.07) is 11.8. The number of rotatable bonds is 5. The van der Waals surface area contributed by atoms with Gasteiger partial charge >= 0.3 is 0 Å². The van der Waals surface area contributed by atoms with Crippen LogP contribution in [0.4, 0.5) is 0 Å². The molecule has 6 heteroatoms. The van der Waals surface area contributed by atoms with E-state index in [4.69, 9.17) is 0 Å². The quantitative estimate of drug-likeness (QED) is 0.709. The molecule has 2 aromatic heterocycles. The molecular weight excluding hydrogens is 376 g/mol. The van der Waals surface area contributed by atoms with Gasteiger partial charge in [-0.15, -0.1) is 0 Å². The number of piperidine rings is 1. The van der Waals surface area contributed by atoms with Crippen molar-refractivity contribution in [3.8, 4) is 0 Å². The SMILES string of the molecule is Cc1ccn2c(=O)c(C(=O)NCc3ccccc3CN3CCC[C@H](C)C3)cnc2c1. The molecule has 1 saturated heterocycles. The van der Waals surface area contributed by atoms with Crippen LogP contribution in [-0.4, -0.2) is 33.3 Å². The van der Waals surface area contributed by atoms with Gasteiger partial charge in [-0.3, -0.25) is 18.9 Å². The lowest BCUT2D eigenvalue weighted by molar-refractivity contribution is 0.0948. The number of likely N-dealkylation sites (tertiary alicyclic amines) is 1. The number of benzene rings is 1. The van der Waals surface area contributed by atoms with Crippen LogP contribution in [0.3, 0.4) is 0 Å². The molecule has 4 rings (SSSR count). The van der Waals surface area contributed by atoms with Crippen LogP contribution in [0.2, 0.25) is 0 Å². The van der Waals surface area contributed by atoms with E-state index in [9.17, 15) is 9.59 Å². The second-order valence-electron chi connectivity index (χ2n) is 8.34. The molecule has 1 N–H and O–H groups in total. The van der Waals surface area contributed by atoms with Crippen LogP contribution in [0.25, 0.3) is 5.65 Å². The number of aryl methyl sites for hydroxylation is 1. The fraction of sp³-hybridized carbons (Fsp3) is 0.375. The Balaban J connectivity index is 1.48. The number of amides is 1. The van der Waals surface area contributed by atoms with Crippen LogP contribution in [0.5, 0.6) is 0 Å². The number of pyridine rings is 1. The average molecular weight is 405 g/mol. The third-order valence-electron chi connectivity index (χ3n) is 5.80. The van der Waals surface area contributed by atoms with Crippen molar-refractivity contribution in [2.24, 2.45) is 5.92 Å². The minimum absolute atomic E-state index is 0.0543. The van der Waals surface area contributed by atoms with E-state index < -0.39 is 5.91 Å². The first kappa shape index (κ1) is 20.3. The van der Waals surface area contributed by atoms with Crippen molar-refractivity contribution < 1.29 is 4.79 Å². The Morgan fingerprint density at radius 2 is 2.03 bits per heavy atom. The molecule has 1 aliphatic heterocycles. The van der Waals surface area contributed by atoms with Crippen molar-refractivity contribution in [3.63, 3.8) is 0 Å². The van der Waals surface area contributed by atoms with Gasteiger partial charge in [0.1, 0.15) is 11.2 Å². The van der Waals surface area contributed by atoms with Gasteiger partial charge in [-0.2, -0.15) is 0 Å². The summed E-state index contributed by atoms with van der Waals surface area (Å²) in [5.74, 6) is 0.326. The topological polar surface area (TPSA) is 66.7 Å². The lowest BCUT2D eigenvalue weighted by Gasteiger charge is -2.31. The van der Waals surface area contributed by atoms with E-state index in [1.54, 1.807) is 6.20 Å². The molecule has 0 unspecified atom stereocenters. The van der Waals surface area contributed by atoms with Gasteiger partial charge in [0, 0.05) is 32.0 Å². The predicted octanol–water partition coefficient (Wildman–Crippen LogP) is 3.16. The van der Waals surface area contributed by atoms with E-state index in [1.807, 2.05) is 37.3 Å². The van der Waals surface area contributed by atoms with Gasteiger partial charge in [0.15, 0.2) is 0 Å². The van der Waals surface area contributed by atoms with Crippen molar-refractivity contribution in [2.75, 3.05) is 13.1 Å². The van der Waals surface area contributed by atoms with Gasteiger partial charge in [-0.25, -0.2) is 4.98 Å². The standard InChI is InChI=1S/C24H28N4O2/c1-17-9-11-28-22(12-17)25-14-21(24(28)30)23(29)26-13-19-7-3-4-8-20(19)16-27-10-5-6-18(2)15-27/h3-4,7-9,11-12,14,18H,5-6,10,13,15-16H2,1-2H3,(H,26,29)/t18-/m0/s1. The van der Waals surface area contributed by atoms with Gasteiger partial charge in [0.2, 0.25) is 0 Å². The molecule has 0 spiro atoms. The summed E-state index contributed by atoms with van der Waals surface area (Å²) in [5, 5.41) is 2.91. The minimum atomic E-state index is -0.399. The molecule has 6 nitrogen and oxygen atoms in total. The third-order valence-corrected chi connectivity index (χ3v) is 5.80. The van der Waals surface area contributed by atoms with Gasteiger partial charge < -0.3 is 5.32 Å². The summed E-state index contributed by atoms with van der Waals surface area (Å²) in [5.41, 5.74) is 3.55. The fourth-order valence-corrected chi connectivity index (χ4v) is 4.16. The predicted molar refractivity (Wildman–Crippen MR) is 117 cm³/mol. The molecule has 0 saturated carbocycles. The molecule has 1 atom stereocenters. The lowest BCUT2D eigenvalue weighted by Crippen LogP contribution is -2.34. The van der Waals surface area contributed by atoms with E-state index in [1.165, 1.54) is 29.0 Å². The average Bonchev–Trinajstić information content (AvgIpc) is 2.73. The highest BCUT2D eigenvalue weighted by Crippen LogP contribution is 2.19. The van der Waals surface area contributed by atoms with Gasteiger partial charge in [-0.1, -0.05) is 31.2 Å². The lowest BCUT2D eigenvalue weighted by atomic mass is 9.99. The number of carbonyl (C=O) groups excluding carboxylic acids is 1. The number of hydrogen-bond donors (Lipinski definition) is 1. The van der Waals surface area contributed by atoms with Gasteiger partial charge in [-0.05, 0) is 61.1 Å². The van der Waals surface area contributed by atoms with Gasteiger partial charge in [0.05, 0.1) is 0 Å². The summed E-state index contributed by atoms with van der Waals surface area (Å²) < 4.78 is 1.41. The number of hydrogen-bond acceptors (Lipinski definition) is 4. The first-order valence-electron chi connectivity index (χ1n) is 10.6. The van der Waals surface area contributed by atoms with Crippen LogP contribution in [0.15, 0.2) is 53.6 Å². The summed E-state index contributed by atoms with van der Waals surface area (Å²) in [7, 11) is 0. The second-order valence-corrected chi connectivity index (χ2v) is 8.34. The maximum atomic E-state index is 12.7. The second kappa shape index (κ2) is 8.79. The van der Waals surface area contributed by atoms with Crippen molar-refractivity contribution >= 4 is 11.6 Å². The highest BCUT2D eigenvalue weighted by atomic mass is 16.2. The first-order valence-corrected chi connectivity index (χ1v) is 10.6. The highest BCUT2D eigenvalue weighted by Gasteiger charge is 2.18. The Labute approximate surface area is 176 Å². The third kappa shape index (κ3) is 4.44. The molecule has 3 heterocycles. The molecule has 1 fully saturated rings. The molecule has 30 heavy (non-hydrogen) atoms. The zero-order chi connectivity index (χ0) is 21.1. The zero-order valence-electron chi connectivity index (χ0n) is 17.6. The Kier molecular flexibility index (Phi) is 5.95. The largest absolute Gasteiger partial charge is 0.348 e. The number of carbonyl (C=O) groups is 1. The van der Waals surface area contributed by atoms with E-state index in [2.05, 4.69) is 28.2 Å². The maximum absolute atomic E-state index is 12.7. The van der Waals surface area contributed by atoms with Crippen LogP contribution >= 0.6 is 0 Å². The number of nitrogens with zero attached hydrogens (tertiary/aromatic N) is 3. The molecule has 1 aromatic carbocycles. The van der Waals surface area contributed by atoms with E-state index in [0.29, 0.717) is 12.2 Å². The van der Waals surface area contributed by atoms with E-state index in [0.717, 1.165) is 36.7 Å². The highest BCUT2D eigenvalue weighted by molar-refractivity contribution is 5.93. The molecule has 3 aromatic rings. The smallest absolute Gasteiger partial charge is 0.270 e. The Morgan fingerprint density at radius 3 is 2.83 bits per heavy atom. The Hall–Kier alpha value is -2.99. The number of nitrogens with one attached hydrogen (secondary N) is 1. The minimum Gasteiger partial charge on any atom is -0.348 e. The molecular formula is C24H28N4O2. The normalized spacial score (nSPS) is 17.2. The summed E-state index contributed by atoms with van der Waals surface area (Å²) in [4.78, 5) is 32.2.